The van der Waals surface area contributed by atoms with E-state index in [9.17, 15) is 0 Å². The zero-order chi connectivity index (χ0) is 12.1. The van der Waals surface area contributed by atoms with Crippen molar-refractivity contribution in [3.8, 4) is 0 Å². The quantitative estimate of drug-likeness (QED) is 0.433. The van der Waals surface area contributed by atoms with E-state index < -0.39 is 0 Å². The lowest BCUT2D eigenvalue weighted by molar-refractivity contribution is 1.37. The summed E-state index contributed by atoms with van der Waals surface area (Å²) in [6.07, 6.45) is 3.77. The molecule has 18 heavy (non-hydrogen) atoms. The zero-order valence-corrected chi connectivity index (χ0v) is 10.4. The molecule has 0 spiro atoms. The van der Waals surface area contributed by atoms with Gasteiger partial charge in [-0.3, -0.25) is 4.98 Å². The summed E-state index contributed by atoms with van der Waals surface area (Å²) in [5.41, 5.74) is 0.811. The highest BCUT2D eigenvalue weighted by Gasteiger charge is 2.07. The van der Waals surface area contributed by atoms with E-state index in [0.29, 0.717) is 0 Å². The van der Waals surface area contributed by atoms with Crippen molar-refractivity contribution in [3.05, 3.63) is 48.8 Å². The number of hydrogen-bond acceptors (Lipinski definition) is 2. The van der Waals surface area contributed by atoms with E-state index in [1.165, 1.54) is 30.9 Å². The molecular formula is C15H8BNS. The summed E-state index contributed by atoms with van der Waals surface area (Å²) < 4.78 is 2.52. The van der Waals surface area contributed by atoms with Crippen LogP contribution < -0.4 is 5.46 Å². The number of hydrogen-bond donors (Lipinski definition) is 0. The summed E-state index contributed by atoms with van der Waals surface area (Å²) in [5.74, 6) is 0. The van der Waals surface area contributed by atoms with Crippen molar-refractivity contribution in [2.24, 2.45) is 0 Å². The third-order valence-corrected chi connectivity index (χ3v) is 4.47. The number of rotatable bonds is 0. The molecule has 0 aliphatic heterocycles. The van der Waals surface area contributed by atoms with Crippen molar-refractivity contribution >= 4 is 55.6 Å². The molecule has 0 saturated heterocycles. The van der Waals surface area contributed by atoms with Gasteiger partial charge in [0.15, 0.2) is 0 Å². The van der Waals surface area contributed by atoms with Gasteiger partial charge in [-0.25, -0.2) is 0 Å². The molecule has 0 atom stereocenters. The molecule has 1 nitrogen and oxygen atoms in total. The van der Waals surface area contributed by atoms with Crippen LogP contribution in [0.15, 0.2) is 48.8 Å². The van der Waals surface area contributed by atoms with Crippen LogP contribution in [0, 0.1) is 0 Å². The van der Waals surface area contributed by atoms with Crippen molar-refractivity contribution in [1.82, 2.24) is 4.98 Å². The Morgan fingerprint density at radius 2 is 1.83 bits per heavy atom. The summed E-state index contributed by atoms with van der Waals surface area (Å²) in [5, 5.41) is 5.02. The minimum atomic E-state index is 0.811. The second-order valence-electron chi connectivity index (χ2n) is 4.40. The lowest BCUT2D eigenvalue weighted by Crippen LogP contribution is -1.99. The maximum absolute atomic E-state index is 5.90. The minimum absolute atomic E-state index is 0.811. The fourth-order valence-electron chi connectivity index (χ4n) is 2.43. The molecule has 82 valence electrons. The van der Waals surface area contributed by atoms with E-state index in [1.54, 1.807) is 11.3 Å². The van der Waals surface area contributed by atoms with Crippen LogP contribution in [0.1, 0.15) is 0 Å². The van der Waals surface area contributed by atoms with Crippen molar-refractivity contribution in [2.45, 2.75) is 0 Å². The Labute approximate surface area is 109 Å². The Morgan fingerprint density at radius 3 is 2.78 bits per heavy atom. The molecule has 0 saturated carbocycles. The fourth-order valence-corrected chi connectivity index (χ4v) is 3.62. The van der Waals surface area contributed by atoms with Crippen LogP contribution in [0.25, 0.3) is 30.9 Å². The second-order valence-corrected chi connectivity index (χ2v) is 5.45. The first-order valence-electron chi connectivity index (χ1n) is 5.77. The Balaban J connectivity index is 2.31. The molecular weight excluding hydrogens is 237 g/mol. The average Bonchev–Trinajstić information content (AvgIpc) is 2.78. The highest BCUT2D eigenvalue weighted by Crippen LogP contribution is 2.37. The molecule has 2 aromatic heterocycles. The van der Waals surface area contributed by atoms with Gasteiger partial charge >= 0.3 is 0 Å². The molecule has 4 aromatic rings. The lowest BCUT2D eigenvalue weighted by atomic mass is 9.93. The predicted molar refractivity (Wildman–Crippen MR) is 80.0 cm³/mol. The Bertz CT molecular complexity index is 895. The summed E-state index contributed by atoms with van der Waals surface area (Å²) in [7, 11) is 5.90. The van der Waals surface area contributed by atoms with Crippen LogP contribution in [0.4, 0.5) is 0 Å². The Morgan fingerprint density at radius 1 is 0.944 bits per heavy atom. The first-order chi connectivity index (χ1) is 8.83. The van der Waals surface area contributed by atoms with Crippen LogP contribution in [-0.4, -0.2) is 12.8 Å². The molecule has 3 heteroatoms. The number of thiophene rings is 1. The minimum Gasteiger partial charge on any atom is -0.263 e. The molecule has 0 bridgehead atoms. The molecule has 0 aliphatic carbocycles. The molecule has 4 rings (SSSR count). The van der Waals surface area contributed by atoms with Crippen molar-refractivity contribution < 1.29 is 0 Å². The van der Waals surface area contributed by atoms with Gasteiger partial charge < -0.3 is 0 Å². The van der Waals surface area contributed by atoms with Crippen LogP contribution in [0.3, 0.4) is 0 Å². The number of pyridine rings is 1. The molecule has 0 N–H and O–H groups in total. The van der Waals surface area contributed by atoms with Gasteiger partial charge in [0.2, 0.25) is 0 Å². The first kappa shape index (κ1) is 10.1. The molecule has 0 aliphatic rings. The summed E-state index contributed by atoms with van der Waals surface area (Å²) in [6, 6.07) is 12.5. The summed E-state index contributed by atoms with van der Waals surface area (Å²) >= 11 is 1.78. The summed E-state index contributed by atoms with van der Waals surface area (Å²) in [6.45, 7) is 0. The van der Waals surface area contributed by atoms with Gasteiger partial charge in [-0.15, -0.1) is 11.3 Å². The van der Waals surface area contributed by atoms with Gasteiger partial charge in [-0.2, -0.15) is 0 Å². The SMILES string of the molecule is [B]c1ccc2ccc3c4ccncc4sc3c2c1. The zero-order valence-electron chi connectivity index (χ0n) is 9.55. The van der Waals surface area contributed by atoms with Gasteiger partial charge in [0.1, 0.15) is 7.85 Å². The lowest BCUT2D eigenvalue weighted by Gasteiger charge is -2.01. The number of aromatic nitrogens is 1. The van der Waals surface area contributed by atoms with E-state index >= 15 is 0 Å². The van der Waals surface area contributed by atoms with E-state index in [1.807, 2.05) is 18.5 Å². The maximum Gasteiger partial charge on any atom is 0.113 e. The predicted octanol–water partition coefficient (Wildman–Crippen LogP) is 3.40. The van der Waals surface area contributed by atoms with Crippen LogP contribution >= 0.6 is 11.3 Å². The van der Waals surface area contributed by atoms with Crippen LogP contribution in [-0.2, 0) is 0 Å². The summed E-state index contributed by atoms with van der Waals surface area (Å²) in [4.78, 5) is 4.19. The smallest absolute Gasteiger partial charge is 0.113 e. The second kappa shape index (κ2) is 3.56. The van der Waals surface area contributed by atoms with E-state index in [-0.39, 0.29) is 0 Å². The normalized spacial score (nSPS) is 11.6. The Kier molecular flexibility index (Phi) is 2.00. The third-order valence-electron chi connectivity index (χ3n) is 3.28. The average molecular weight is 245 g/mol. The van der Waals surface area contributed by atoms with Gasteiger partial charge in [-0.05, 0) is 16.8 Å². The molecule has 0 amide bonds. The maximum atomic E-state index is 5.90. The third kappa shape index (κ3) is 1.31. The molecule has 2 radical (unpaired) electrons. The van der Waals surface area contributed by atoms with Crippen LogP contribution in [0.5, 0.6) is 0 Å². The number of benzene rings is 2. The molecule has 2 heterocycles. The number of fused-ring (bicyclic) bond motifs is 5. The highest BCUT2D eigenvalue weighted by atomic mass is 32.1. The monoisotopic (exact) mass is 245 g/mol. The molecule has 0 unspecified atom stereocenters. The molecule has 0 fully saturated rings. The van der Waals surface area contributed by atoms with Gasteiger partial charge in [-0.1, -0.05) is 35.8 Å². The van der Waals surface area contributed by atoms with Crippen molar-refractivity contribution in [2.75, 3.05) is 0 Å². The molecule has 2 aromatic carbocycles. The van der Waals surface area contributed by atoms with Crippen molar-refractivity contribution in [1.29, 1.82) is 0 Å². The van der Waals surface area contributed by atoms with Gasteiger partial charge in [0.05, 0.1) is 4.70 Å². The van der Waals surface area contributed by atoms with Gasteiger partial charge in [0, 0.05) is 27.9 Å². The van der Waals surface area contributed by atoms with E-state index in [2.05, 4.69) is 35.3 Å². The standard InChI is InChI=1S/C15H8BNS/c16-10-3-1-9-2-4-12-11-5-6-17-8-14(11)18-15(12)13(9)7-10/h1-8H. The van der Waals surface area contributed by atoms with Crippen LogP contribution in [0.2, 0.25) is 0 Å². The number of nitrogens with zero attached hydrogens (tertiary/aromatic N) is 1. The Hall–Kier alpha value is -1.87. The topological polar surface area (TPSA) is 12.9 Å². The highest BCUT2D eigenvalue weighted by molar-refractivity contribution is 7.26. The van der Waals surface area contributed by atoms with E-state index in [4.69, 9.17) is 7.85 Å². The van der Waals surface area contributed by atoms with E-state index in [0.717, 1.165) is 5.46 Å². The van der Waals surface area contributed by atoms with Crippen molar-refractivity contribution in [3.63, 3.8) is 0 Å². The first-order valence-corrected chi connectivity index (χ1v) is 6.59. The van der Waals surface area contributed by atoms with Gasteiger partial charge in [0.25, 0.3) is 0 Å². The largest absolute Gasteiger partial charge is 0.263 e. The fraction of sp³-hybridized carbons (Fsp3) is 0.